The third-order valence-corrected chi connectivity index (χ3v) is 4.80. The lowest BCUT2D eigenvalue weighted by Gasteiger charge is -2.35. The van der Waals surface area contributed by atoms with E-state index in [-0.39, 0.29) is 11.9 Å². The van der Waals surface area contributed by atoms with E-state index in [1.54, 1.807) is 13.3 Å². The summed E-state index contributed by atoms with van der Waals surface area (Å²) in [6.07, 6.45) is 6.81. The molecular formula is C20H26N4O2. The van der Waals surface area contributed by atoms with Gasteiger partial charge in [-0.05, 0) is 50.6 Å². The smallest absolute Gasteiger partial charge is 0.271 e. The maximum Gasteiger partial charge on any atom is 0.271 e. The van der Waals surface area contributed by atoms with Crippen molar-refractivity contribution in [3.8, 4) is 5.75 Å². The van der Waals surface area contributed by atoms with Crippen LogP contribution in [0, 0.1) is 6.92 Å². The summed E-state index contributed by atoms with van der Waals surface area (Å²) in [6, 6.07) is 8.24. The second-order valence-corrected chi connectivity index (χ2v) is 6.64. The zero-order valence-electron chi connectivity index (χ0n) is 15.4. The van der Waals surface area contributed by atoms with Crippen molar-refractivity contribution in [2.75, 3.05) is 26.7 Å². The lowest BCUT2D eigenvalue weighted by atomic mass is 10.0. The molecule has 2 aromatic rings. The molecule has 1 aromatic heterocycles. The van der Waals surface area contributed by atoms with Gasteiger partial charge in [0.25, 0.3) is 5.91 Å². The van der Waals surface area contributed by atoms with Gasteiger partial charge in [-0.2, -0.15) is 0 Å². The molecule has 3 rings (SSSR count). The minimum absolute atomic E-state index is 0.142. The van der Waals surface area contributed by atoms with Gasteiger partial charge in [0.1, 0.15) is 11.4 Å². The summed E-state index contributed by atoms with van der Waals surface area (Å²) in [5.41, 5.74) is 2.33. The number of methoxy groups -OCH3 is 1. The molecule has 0 radical (unpaired) electrons. The first-order valence-electron chi connectivity index (χ1n) is 9.12. The number of piperidine rings is 1. The van der Waals surface area contributed by atoms with E-state index in [1.165, 1.54) is 31.0 Å². The van der Waals surface area contributed by atoms with E-state index in [9.17, 15) is 4.79 Å². The maximum absolute atomic E-state index is 12.4. The van der Waals surface area contributed by atoms with Crippen molar-refractivity contribution in [3.05, 3.63) is 53.6 Å². The molecule has 1 unspecified atom stereocenters. The Balaban J connectivity index is 1.72. The molecular weight excluding hydrogens is 328 g/mol. The molecule has 138 valence electrons. The molecule has 2 heterocycles. The van der Waals surface area contributed by atoms with Crippen molar-refractivity contribution in [1.82, 2.24) is 20.2 Å². The SMILES string of the molecule is COc1ccc(C(CNC(=O)c2cnc(C)cn2)N2CCCCC2)cc1. The molecule has 1 saturated heterocycles. The van der Waals surface area contributed by atoms with E-state index in [0.29, 0.717) is 12.2 Å². The molecule has 1 aliphatic heterocycles. The monoisotopic (exact) mass is 354 g/mol. The van der Waals surface area contributed by atoms with E-state index in [1.807, 2.05) is 19.1 Å². The summed E-state index contributed by atoms with van der Waals surface area (Å²) < 4.78 is 5.26. The first kappa shape index (κ1) is 18.3. The Labute approximate surface area is 154 Å². The standard InChI is InChI=1S/C20H26N4O2/c1-15-12-22-18(13-21-15)20(25)23-14-19(24-10-4-3-5-11-24)16-6-8-17(26-2)9-7-16/h6-9,12-13,19H,3-5,10-11,14H2,1-2H3,(H,23,25). The number of benzene rings is 1. The van der Waals surface area contributed by atoms with Crippen LogP contribution < -0.4 is 10.1 Å². The number of rotatable bonds is 6. The van der Waals surface area contributed by atoms with E-state index in [2.05, 4.69) is 32.3 Å². The van der Waals surface area contributed by atoms with Crippen LogP contribution in [-0.2, 0) is 0 Å². The molecule has 1 aromatic carbocycles. The molecule has 1 atom stereocenters. The molecule has 6 nitrogen and oxygen atoms in total. The Hall–Kier alpha value is -2.47. The lowest BCUT2D eigenvalue weighted by Crippen LogP contribution is -2.40. The highest BCUT2D eigenvalue weighted by Crippen LogP contribution is 2.26. The average molecular weight is 354 g/mol. The molecule has 0 aliphatic carbocycles. The minimum Gasteiger partial charge on any atom is -0.497 e. The van der Waals surface area contributed by atoms with Gasteiger partial charge in [-0.1, -0.05) is 18.6 Å². The highest BCUT2D eigenvalue weighted by atomic mass is 16.5. The molecule has 0 bridgehead atoms. The van der Waals surface area contributed by atoms with Crippen LogP contribution in [0.3, 0.4) is 0 Å². The summed E-state index contributed by atoms with van der Waals surface area (Å²) in [4.78, 5) is 23.2. The highest BCUT2D eigenvalue weighted by molar-refractivity contribution is 5.91. The van der Waals surface area contributed by atoms with E-state index >= 15 is 0 Å². The van der Waals surface area contributed by atoms with E-state index < -0.39 is 0 Å². The zero-order valence-corrected chi connectivity index (χ0v) is 15.4. The normalized spacial score (nSPS) is 16.1. The Morgan fingerprint density at radius 1 is 1.15 bits per heavy atom. The number of hydrogen-bond donors (Lipinski definition) is 1. The second kappa shape index (κ2) is 8.76. The van der Waals surface area contributed by atoms with Crippen LogP contribution in [0.1, 0.15) is 47.1 Å². The van der Waals surface area contributed by atoms with Crippen LogP contribution in [0.15, 0.2) is 36.7 Å². The zero-order chi connectivity index (χ0) is 18.4. The number of hydrogen-bond acceptors (Lipinski definition) is 5. The fraction of sp³-hybridized carbons (Fsp3) is 0.450. The molecule has 1 aliphatic rings. The molecule has 1 fully saturated rings. The first-order valence-corrected chi connectivity index (χ1v) is 9.12. The molecule has 26 heavy (non-hydrogen) atoms. The van der Waals surface area contributed by atoms with Crippen molar-refractivity contribution >= 4 is 5.91 Å². The number of aryl methyl sites for hydroxylation is 1. The Morgan fingerprint density at radius 3 is 2.50 bits per heavy atom. The quantitative estimate of drug-likeness (QED) is 0.864. The largest absolute Gasteiger partial charge is 0.497 e. The number of carbonyl (C=O) groups is 1. The number of amides is 1. The van der Waals surface area contributed by atoms with Crippen molar-refractivity contribution in [2.45, 2.75) is 32.2 Å². The van der Waals surface area contributed by atoms with Gasteiger partial charge < -0.3 is 10.1 Å². The predicted octanol–water partition coefficient (Wildman–Crippen LogP) is 2.75. The van der Waals surface area contributed by atoms with Crippen LogP contribution in [0.5, 0.6) is 5.75 Å². The fourth-order valence-corrected chi connectivity index (χ4v) is 3.30. The number of ether oxygens (including phenoxy) is 1. The third kappa shape index (κ3) is 4.58. The molecule has 0 saturated carbocycles. The Bertz CT molecular complexity index is 710. The van der Waals surface area contributed by atoms with Gasteiger partial charge in [-0.3, -0.25) is 14.7 Å². The minimum atomic E-state index is -0.187. The van der Waals surface area contributed by atoms with Crippen LogP contribution >= 0.6 is 0 Å². The van der Waals surface area contributed by atoms with Crippen molar-refractivity contribution in [1.29, 1.82) is 0 Å². The van der Waals surface area contributed by atoms with E-state index in [4.69, 9.17) is 4.74 Å². The van der Waals surface area contributed by atoms with Gasteiger partial charge in [0.2, 0.25) is 0 Å². The Morgan fingerprint density at radius 2 is 1.88 bits per heavy atom. The van der Waals surface area contributed by atoms with Crippen molar-refractivity contribution in [2.24, 2.45) is 0 Å². The number of nitrogens with zero attached hydrogens (tertiary/aromatic N) is 3. The topological polar surface area (TPSA) is 67.3 Å². The average Bonchev–Trinajstić information content (AvgIpc) is 2.70. The summed E-state index contributed by atoms with van der Waals surface area (Å²) in [5, 5.41) is 3.03. The fourth-order valence-electron chi connectivity index (χ4n) is 3.30. The third-order valence-electron chi connectivity index (χ3n) is 4.80. The first-order chi connectivity index (χ1) is 12.7. The Kier molecular flexibility index (Phi) is 6.17. The predicted molar refractivity (Wildman–Crippen MR) is 100 cm³/mol. The van der Waals surface area contributed by atoms with Crippen molar-refractivity contribution < 1.29 is 9.53 Å². The van der Waals surface area contributed by atoms with Gasteiger partial charge in [-0.25, -0.2) is 4.98 Å². The molecule has 1 amide bonds. The number of carbonyl (C=O) groups excluding carboxylic acids is 1. The summed E-state index contributed by atoms with van der Waals surface area (Å²) >= 11 is 0. The van der Waals surface area contributed by atoms with E-state index in [0.717, 1.165) is 24.5 Å². The van der Waals surface area contributed by atoms with Gasteiger partial charge in [0.05, 0.1) is 25.0 Å². The number of likely N-dealkylation sites (tertiary alicyclic amines) is 1. The van der Waals surface area contributed by atoms with Gasteiger partial charge in [0, 0.05) is 12.7 Å². The van der Waals surface area contributed by atoms with Crippen LogP contribution in [0.25, 0.3) is 0 Å². The molecule has 0 spiro atoms. The molecule has 1 N–H and O–H groups in total. The summed E-state index contributed by atoms with van der Waals surface area (Å²) in [7, 11) is 1.67. The summed E-state index contributed by atoms with van der Waals surface area (Å²) in [5.74, 6) is 0.651. The number of nitrogens with one attached hydrogen (secondary N) is 1. The van der Waals surface area contributed by atoms with Crippen LogP contribution in [0.2, 0.25) is 0 Å². The number of aromatic nitrogens is 2. The van der Waals surface area contributed by atoms with Crippen molar-refractivity contribution in [3.63, 3.8) is 0 Å². The summed E-state index contributed by atoms with van der Waals surface area (Å²) in [6.45, 7) is 4.50. The lowest BCUT2D eigenvalue weighted by molar-refractivity contribution is 0.0919. The highest BCUT2D eigenvalue weighted by Gasteiger charge is 2.23. The molecule has 6 heteroatoms. The van der Waals surface area contributed by atoms with Gasteiger partial charge >= 0.3 is 0 Å². The van der Waals surface area contributed by atoms with Gasteiger partial charge in [0.15, 0.2) is 0 Å². The van der Waals surface area contributed by atoms with Crippen LogP contribution in [0.4, 0.5) is 0 Å². The van der Waals surface area contributed by atoms with Gasteiger partial charge in [-0.15, -0.1) is 0 Å². The second-order valence-electron chi connectivity index (χ2n) is 6.64. The van der Waals surface area contributed by atoms with Crippen LogP contribution in [-0.4, -0.2) is 47.5 Å². The maximum atomic E-state index is 12.4.